The molecule has 0 unspecified atom stereocenters. The Kier molecular flexibility index (Phi) is 16.0. The molecule has 3 N–H and O–H groups in total. The smallest absolute Gasteiger partial charge is 0.199 e. The van der Waals surface area contributed by atoms with Gasteiger partial charge < -0.3 is 0 Å². The van der Waals surface area contributed by atoms with E-state index in [-0.39, 0.29) is 35.6 Å². The SMILES string of the molecule is Cl.O[P+](O)(O)Cc1ccccc1.[CH2-]c1ccccc1.[CH2-]c1ccccc1.[Cu+2]. The van der Waals surface area contributed by atoms with Gasteiger partial charge in [0.15, 0.2) is 6.16 Å². The van der Waals surface area contributed by atoms with Crippen molar-refractivity contribution in [3.8, 4) is 0 Å². The molecule has 3 nitrogen and oxygen atoms in total. The zero-order valence-electron chi connectivity index (χ0n) is 14.8. The largest absolute Gasteiger partial charge is 2.00 e. The van der Waals surface area contributed by atoms with Crippen LogP contribution in [-0.2, 0) is 23.2 Å². The number of benzene rings is 3. The molecule has 0 spiro atoms. The van der Waals surface area contributed by atoms with E-state index in [4.69, 9.17) is 14.7 Å². The first-order valence-corrected chi connectivity index (χ1v) is 9.54. The Bertz CT molecular complexity index is 655. The van der Waals surface area contributed by atoms with Gasteiger partial charge in [-0.1, -0.05) is 42.5 Å². The van der Waals surface area contributed by atoms with Crippen LogP contribution < -0.4 is 0 Å². The molecule has 0 aliphatic rings. The summed E-state index contributed by atoms with van der Waals surface area (Å²) in [5.74, 6) is 0. The van der Waals surface area contributed by atoms with Crippen molar-refractivity contribution in [1.29, 1.82) is 0 Å². The van der Waals surface area contributed by atoms with Gasteiger partial charge in [-0.2, -0.15) is 63.9 Å². The molecular weight excluding hydrogens is 430 g/mol. The molecular formula is C21H25ClCuO3P+. The molecule has 1 radical (unpaired) electrons. The second-order valence-corrected chi connectivity index (χ2v) is 7.01. The third-order valence-electron chi connectivity index (χ3n) is 2.92. The molecule has 27 heavy (non-hydrogen) atoms. The maximum Gasteiger partial charge on any atom is 2.00 e. The summed E-state index contributed by atoms with van der Waals surface area (Å²) in [6, 6.07) is 28.6. The van der Waals surface area contributed by atoms with E-state index in [0.717, 1.165) is 16.7 Å². The zero-order valence-corrected chi connectivity index (χ0v) is 17.4. The van der Waals surface area contributed by atoms with Gasteiger partial charge in [0.2, 0.25) is 0 Å². The minimum absolute atomic E-state index is 0. The summed E-state index contributed by atoms with van der Waals surface area (Å²) in [4.78, 5) is 26.1. The molecule has 0 saturated carbocycles. The Hall–Kier alpha value is -1.48. The average Bonchev–Trinajstić information content (AvgIpc) is 2.57. The van der Waals surface area contributed by atoms with Gasteiger partial charge in [0, 0.05) is 0 Å². The second-order valence-electron chi connectivity index (χ2n) is 5.31. The van der Waals surface area contributed by atoms with E-state index in [1.54, 1.807) is 24.3 Å². The average molecular weight is 455 g/mol. The second kappa shape index (κ2) is 15.6. The first-order valence-electron chi connectivity index (χ1n) is 7.71. The zero-order chi connectivity index (χ0) is 18.5. The van der Waals surface area contributed by atoms with Crippen LogP contribution in [0.4, 0.5) is 0 Å². The Morgan fingerprint density at radius 3 is 1.11 bits per heavy atom. The van der Waals surface area contributed by atoms with Crippen molar-refractivity contribution in [2.75, 3.05) is 0 Å². The van der Waals surface area contributed by atoms with Crippen molar-refractivity contribution < 1.29 is 31.7 Å². The quantitative estimate of drug-likeness (QED) is 0.287. The van der Waals surface area contributed by atoms with Gasteiger partial charge in [0.05, 0.1) is 0 Å². The van der Waals surface area contributed by atoms with Crippen molar-refractivity contribution in [2.24, 2.45) is 0 Å². The van der Waals surface area contributed by atoms with Crippen LogP contribution in [0.3, 0.4) is 0 Å². The fraction of sp³-hybridized carbons (Fsp3) is 0.0476. The van der Waals surface area contributed by atoms with Crippen LogP contribution in [0.5, 0.6) is 0 Å². The van der Waals surface area contributed by atoms with Crippen molar-refractivity contribution in [1.82, 2.24) is 0 Å². The maximum absolute atomic E-state index is 8.69. The molecule has 0 amide bonds. The maximum atomic E-state index is 8.69. The molecule has 0 fully saturated rings. The fourth-order valence-corrected chi connectivity index (χ4v) is 2.49. The van der Waals surface area contributed by atoms with Crippen LogP contribution in [0.1, 0.15) is 16.7 Å². The third kappa shape index (κ3) is 16.4. The molecule has 0 saturated heterocycles. The van der Waals surface area contributed by atoms with E-state index in [9.17, 15) is 0 Å². The van der Waals surface area contributed by atoms with Crippen molar-refractivity contribution in [3.05, 3.63) is 122 Å². The van der Waals surface area contributed by atoms with Gasteiger partial charge in [-0.15, -0.1) is 36.7 Å². The summed E-state index contributed by atoms with van der Waals surface area (Å²) in [7, 11) is -3.64. The Labute approximate surface area is 179 Å². The molecule has 3 rings (SSSR count). The Balaban J connectivity index is 0. The minimum atomic E-state index is -3.64. The summed E-state index contributed by atoms with van der Waals surface area (Å²) >= 11 is 0. The standard InChI is InChI=1S/C7H10O3P.2C7H7.ClH.Cu/c8-11(9,10)6-7-4-2-1-3-5-7;2*1-7-5-3-2-4-6-7;;/h1-5,8-10H,6H2;2*2-6H,1H2;1H;/q+1;2*-1;;+2. The predicted octanol–water partition coefficient (Wildman–Crippen LogP) is 5.08. The molecule has 3 aromatic carbocycles. The van der Waals surface area contributed by atoms with Crippen LogP contribution in [0.2, 0.25) is 0 Å². The summed E-state index contributed by atoms with van der Waals surface area (Å²) in [5, 5.41) is 0. The minimum Gasteiger partial charge on any atom is -0.199 e. The van der Waals surface area contributed by atoms with Gasteiger partial charge in [-0.05, 0) is 5.56 Å². The summed E-state index contributed by atoms with van der Waals surface area (Å²) < 4.78 is 0. The fourth-order valence-electron chi connectivity index (χ4n) is 1.78. The number of hydrogen-bond donors (Lipinski definition) is 3. The van der Waals surface area contributed by atoms with Crippen LogP contribution in [0, 0.1) is 13.8 Å². The Morgan fingerprint density at radius 2 is 0.889 bits per heavy atom. The van der Waals surface area contributed by atoms with Crippen LogP contribution in [0.15, 0.2) is 91.0 Å². The Morgan fingerprint density at radius 1 is 0.593 bits per heavy atom. The van der Waals surface area contributed by atoms with Gasteiger partial charge in [0.1, 0.15) is 0 Å². The van der Waals surface area contributed by atoms with E-state index in [1.807, 2.05) is 66.7 Å². The molecule has 3 aromatic rings. The van der Waals surface area contributed by atoms with Crippen LogP contribution in [0.25, 0.3) is 0 Å². The van der Waals surface area contributed by atoms with Crippen LogP contribution in [-0.4, -0.2) is 14.7 Å². The van der Waals surface area contributed by atoms with Gasteiger partial charge >= 0.3 is 25.0 Å². The van der Waals surface area contributed by atoms with E-state index in [1.165, 1.54) is 0 Å². The topological polar surface area (TPSA) is 60.7 Å². The van der Waals surface area contributed by atoms with E-state index < -0.39 is 7.94 Å². The molecule has 0 heterocycles. The molecule has 149 valence electrons. The number of halogens is 1. The molecule has 0 bridgehead atoms. The van der Waals surface area contributed by atoms with Crippen molar-refractivity contribution in [3.63, 3.8) is 0 Å². The molecule has 0 aromatic heterocycles. The van der Waals surface area contributed by atoms with E-state index in [0.29, 0.717) is 0 Å². The molecule has 0 atom stereocenters. The number of rotatable bonds is 2. The van der Waals surface area contributed by atoms with Gasteiger partial charge in [-0.25, -0.2) is 0 Å². The first-order chi connectivity index (χ1) is 11.9. The van der Waals surface area contributed by atoms with Crippen molar-refractivity contribution in [2.45, 2.75) is 6.16 Å². The normalized spacial score (nSPS) is 9.15. The third-order valence-corrected chi connectivity index (χ3v) is 3.71. The van der Waals surface area contributed by atoms with Crippen LogP contribution >= 0.6 is 20.4 Å². The van der Waals surface area contributed by atoms with Crippen molar-refractivity contribution >= 4 is 20.4 Å². The molecule has 0 aliphatic heterocycles. The van der Waals surface area contributed by atoms with E-state index >= 15 is 0 Å². The monoisotopic (exact) mass is 454 g/mol. The predicted molar refractivity (Wildman–Crippen MR) is 113 cm³/mol. The summed E-state index contributed by atoms with van der Waals surface area (Å²) in [5.41, 5.74) is 2.87. The first kappa shape index (κ1) is 27.7. The number of hydrogen-bond acceptors (Lipinski definition) is 3. The summed E-state index contributed by atoms with van der Waals surface area (Å²) in [6.07, 6.45) is -0.0617. The van der Waals surface area contributed by atoms with Gasteiger partial charge in [0.25, 0.3) is 0 Å². The van der Waals surface area contributed by atoms with E-state index in [2.05, 4.69) is 13.8 Å². The molecule has 6 heteroatoms. The van der Waals surface area contributed by atoms with Gasteiger partial charge in [-0.3, -0.25) is 0 Å². The molecule has 0 aliphatic carbocycles. The summed E-state index contributed by atoms with van der Waals surface area (Å²) in [6.45, 7) is 7.44.